The summed E-state index contributed by atoms with van der Waals surface area (Å²) in [5.41, 5.74) is 2.35. The summed E-state index contributed by atoms with van der Waals surface area (Å²) in [6.45, 7) is 6.70. The van der Waals surface area contributed by atoms with Crippen molar-refractivity contribution in [3.63, 3.8) is 0 Å². The zero-order valence-electron chi connectivity index (χ0n) is 16.0. The van der Waals surface area contributed by atoms with E-state index in [9.17, 15) is 14.7 Å². The molecule has 2 N–H and O–H groups in total. The molecule has 1 saturated heterocycles. The average Bonchev–Trinajstić information content (AvgIpc) is 2.68. The highest BCUT2D eigenvalue weighted by Crippen LogP contribution is 2.27. The number of hydrogen-bond donors (Lipinski definition) is 2. The molecule has 28 heavy (non-hydrogen) atoms. The van der Waals surface area contributed by atoms with Gasteiger partial charge in [-0.1, -0.05) is 31.5 Å². The van der Waals surface area contributed by atoms with Crippen molar-refractivity contribution >= 4 is 40.5 Å². The van der Waals surface area contributed by atoms with Crippen LogP contribution in [0, 0.1) is 5.92 Å². The first-order chi connectivity index (χ1) is 13.3. The van der Waals surface area contributed by atoms with Crippen molar-refractivity contribution < 1.29 is 14.7 Å². The van der Waals surface area contributed by atoms with E-state index in [1.54, 1.807) is 26.0 Å². The predicted molar refractivity (Wildman–Crippen MR) is 113 cm³/mol. The molecule has 0 bridgehead atoms. The van der Waals surface area contributed by atoms with Gasteiger partial charge in [0.05, 0.1) is 11.3 Å². The maximum Gasteiger partial charge on any atom is 0.337 e. The van der Waals surface area contributed by atoms with Gasteiger partial charge in [-0.15, -0.1) is 0 Å². The molecule has 1 aliphatic rings. The maximum absolute atomic E-state index is 11.9. The van der Waals surface area contributed by atoms with Crippen LogP contribution in [-0.4, -0.2) is 43.2 Å². The second-order valence-electron chi connectivity index (χ2n) is 7.13. The fourth-order valence-corrected chi connectivity index (χ4v) is 3.37. The van der Waals surface area contributed by atoms with E-state index in [1.165, 1.54) is 0 Å². The molecule has 2 aromatic rings. The van der Waals surface area contributed by atoms with Crippen LogP contribution in [0.15, 0.2) is 42.5 Å². The van der Waals surface area contributed by atoms with E-state index in [4.69, 9.17) is 11.6 Å². The minimum Gasteiger partial charge on any atom is -0.478 e. The van der Waals surface area contributed by atoms with E-state index in [1.807, 2.05) is 30.3 Å². The molecule has 0 radical (unpaired) electrons. The van der Waals surface area contributed by atoms with Gasteiger partial charge in [-0.2, -0.15) is 0 Å². The normalized spacial score (nSPS) is 14.3. The van der Waals surface area contributed by atoms with Gasteiger partial charge in [-0.05, 0) is 36.4 Å². The summed E-state index contributed by atoms with van der Waals surface area (Å²) >= 11 is 6.08. The Hall–Kier alpha value is -2.73. The van der Waals surface area contributed by atoms with Gasteiger partial charge in [0.25, 0.3) is 0 Å². The number of benzene rings is 2. The van der Waals surface area contributed by atoms with Crippen LogP contribution in [0.1, 0.15) is 24.2 Å². The Morgan fingerprint density at radius 2 is 1.61 bits per heavy atom. The summed E-state index contributed by atoms with van der Waals surface area (Å²) in [6.07, 6.45) is 0. The fourth-order valence-electron chi connectivity index (χ4n) is 3.19. The van der Waals surface area contributed by atoms with Crippen molar-refractivity contribution in [3.05, 3.63) is 53.1 Å². The summed E-state index contributed by atoms with van der Waals surface area (Å²) in [4.78, 5) is 28.0. The van der Waals surface area contributed by atoms with E-state index in [2.05, 4.69) is 15.1 Å². The summed E-state index contributed by atoms with van der Waals surface area (Å²) < 4.78 is 0. The molecule has 0 aliphatic carbocycles. The Morgan fingerprint density at radius 3 is 2.14 bits per heavy atom. The first-order valence-electron chi connectivity index (χ1n) is 9.29. The standard InChI is InChI=1S/C21H24ClN3O3/c1-14(2)20(26)23-19-7-6-17(13-18(19)21(27)28)25-10-8-24(9-11-25)16-5-3-4-15(22)12-16/h3-7,12-14H,8-11H2,1-2H3,(H,23,26)(H,27,28). The molecule has 0 unspecified atom stereocenters. The molecular formula is C21H24ClN3O3. The lowest BCUT2D eigenvalue weighted by Crippen LogP contribution is -2.46. The number of carbonyl (C=O) groups is 2. The van der Waals surface area contributed by atoms with Crippen molar-refractivity contribution in [2.24, 2.45) is 5.92 Å². The molecular weight excluding hydrogens is 378 g/mol. The molecule has 0 spiro atoms. The number of hydrogen-bond acceptors (Lipinski definition) is 4. The van der Waals surface area contributed by atoms with Gasteiger partial charge in [0.15, 0.2) is 0 Å². The van der Waals surface area contributed by atoms with Gasteiger partial charge in [0.2, 0.25) is 5.91 Å². The largest absolute Gasteiger partial charge is 0.478 e. The molecule has 0 aromatic heterocycles. The Morgan fingerprint density at radius 1 is 1.00 bits per heavy atom. The van der Waals surface area contributed by atoms with E-state index in [-0.39, 0.29) is 17.4 Å². The topological polar surface area (TPSA) is 72.9 Å². The molecule has 1 fully saturated rings. The van der Waals surface area contributed by atoms with E-state index in [0.29, 0.717) is 10.7 Å². The smallest absolute Gasteiger partial charge is 0.337 e. The lowest BCUT2D eigenvalue weighted by molar-refractivity contribution is -0.118. The van der Waals surface area contributed by atoms with Crippen LogP contribution >= 0.6 is 11.6 Å². The van der Waals surface area contributed by atoms with Crippen LogP contribution in [0.3, 0.4) is 0 Å². The van der Waals surface area contributed by atoms with Gasteiger partial charge in [0.1, 0.15) is 0 Å². The fraction of sp³-hybridized carbons (Fsp3) is 0.333. The van der Waals surface area contributed by atoms with Crippen molar-refractivity contribution in [1.29, 1.82) is 0 Å². The number of halogens is 1. The SMILES string of the molecule is CC(C)C(=O)Nc1ccc(N2CCN(c3cccc(Cl)c3)CC2)cc1C(=O)O. The molecule has 2 aromatic carbocycles. The molecule has 0 atom stereocenters. The zero-order valence-corrected chi connectivity index (χ0v) is 16.7. The van der Waals surface area contributed by atoms with Gasteiger partial charge in [0, 0.05) is 48.5 Å². The van der Waals surface area contributed by atoms with E-state index >= 15 is 0 Å². The number of nitrogens with zero attached hydrogens (tertiary/aromatic N) is 2. The third-order valence-electron chi connectivity index (χ3n) is 4.83. The van der Waals surface area contributed by atoms with Crippen LogP contribution in [0.25, 0.3) is 0 Å². The Kier molecular flexibility index (Phi) is 6.09. The third-order valence-corrected chi connectivity index (χ3v) is 5.07. The van der Waals surface area contributed by atoms with Gasteiger partial charge in [-0.3, -0.25) is 4.79 Å². The Labute approximate surface area is 169 Å². The summed E-state index contributed by atoms with van der Waals surface area (Å²) in [7, 11) is 0. The summed E-state index contributed by atoms with van der Waals surface area (Å²) in [5.74, 6) is -1.48. The summed E-state index contributed by atoms with van der Waals surface area (Å²) in [6, 6.07) is 12.9. The number of carboxylic acid groups (broad SMARTS) is 1. The molecule has 148 valence electrons. The van der Waals surface area contributed by atoms with Crippen molar-refractivity contribution in [3.8, 4) is 0 Å². The number of anilines is 3. The van der Waals surface area contributed by atoms with Crippen molar-refractivity contribution in [2.45, 2.75) is 13.8 Å². The number of carbonyl (C=O) groups excluding carboxylic acids is 1. The van der Waals surface area contributed by atoms with Crippen LogP contribution < -0.4 is 15.1 Å². The molecule has 6 nitrogen and oxygen atoms in total. The first kappa shape index (κ1) is 20.0. The number of piperazine rings is 1. The molecule has 1 aliphatic heterocycles. The lowest BCUT2D eigenvalue weighted by Gasteiger charge is -2.37. The zero-order chi connectivity index (χ0) is 20.3. The second kappa shape index (κ2) is 8.52. The number of carboxylic acids is 1. The highest BCUT2D eigenvalue weighted by molar-refractivity contribution is 6.30. The quantitative estimate of drug-likeness (QED) is 0.793. The van der Waals surface area contributed by atoms with Crippen LogP contribution in [0.4, 0.5) is 17.1 Å². The Balaban J connectivity index is 1.73. The number of nitrogens with one attached hydrogen (secondary N) is 1. The third kappa shape index (κ3) is 4.57. The number of rotatable bonds is 5. The van der Waals surface area contributed by atoms with Gasteiger partial charge < -0.3 is 20.2 Å². The lowest BCUT2D eigenvalue weighted by atomic mass is 10.1. The number of aromatic carboxylic acids is 1. The minimum absolute atomic E-state index is 0.101. The van der Waals surface area contributed by atoms with E-state index in [0.717, 1.165) is 37.6 Å². The predicted octanol–water partition coefficient (Wildman–Crippen LogP) is 3.96. The average molecular weight is 402 g/mol. The molecule has 7 heteroatoms. The van der Waals surface area contributed by atoms with E-state index < -0.39 is 5.97 Å². The molecule has 1 heterocycles. The highest BCUT2D eigenvalue weighted by Gasteiger charge is 2.21. The molecule has 0 saturated carbocycles. The van der Waals surface area contributed by atoms with Crippen molar-refractivity contribution in [2.75, 3.05) is 41.3 Å². The maximum atomic E-state index is 11.9. The second-order valence-corrected chi connectivity index (χ2v) is 7.57. The van der Waals surface area contributed by atoms with Gasteiger partial charge in [-0.25, -0.2) is 4.79 Å². The van der Waals surface area contributed by atoms with Crippen molar-refractivity contribution in [1.82, 2.24) is 0 Å². The minimum atomic E-state index is -1.06. The first-order valence-corrected chi connectivity index (χ1v) is 9.66. The Bertz CT molecular complexity index is 877. The number of amides is 1. The molecule has 1 amide bonds. The summed E-state index contributed by atoms with van der Waals surface area (Å²) in [5, 5.41) is 13.0. The molecule has 3 rings (SSSR count). The monoisotopic (exact) mass is 401 g/mol. The van der Waals surface area contributed by atoms with Gasteiger partial charge >= 0.3 is 5.97 Å². The van der Waals surface area contributed by atoms with Crippen LogP contribution in [0.5, 0.6) is 0 Å². The van der Waals surface area contributed by atoms with Crippen LogP contribution in [-0.2, 0) is 4.79 Å². The highest BCUT2D eigenvalue weighted by atomic mass is 35.5. The van der Waals surface area contributed by atoms with Crippen LogP contribution in [0.2, 0.25) is 5.02 Å².